The highest BCUT2D eigenvalue weighted by Crippen LogP contribution is 2.27. The largest absolute Gasteiger partial charge is 0.481 e. The van der Waals surface area contributed by atoms with Gasteiger partial charge in [-0.1, -0.05) is 50.2 Å². The maximum absolute atomic E-state index is 11.7. The van der Waals surface area contributed by atoms with Crippen LogP contribution in [0.1, 0.15) is 31.4 Å². The van der Waals surface area contributed by atoms with Gasteiger partial charge in [0, 0.05) is 0 Å². The smallest absolute Gasteiger partial charge is 0.307 e. The number of hydrogen-bond acceptors (Lipinski definition) is 2. The van der Waals surface area contributed by atoms with Gasteiger partial charge in [-0.25, -0.2) is 0 Å². The summed E-state index contributed by atoms with van der Waals surface area (Å²) in [5.74, 6) is -0.117. The fourth-order valence-electron chi connectivity index (χ4n) is 3.86. The third-order valence-corrected chi connectivity index (χ3v) is 5.11. The molecular weight excluding hydrogens is 298 g/mol. The highest BCUT2D eigenvalue weighted by Gasteiger charge is 2.30. The fourth-order valence-corrected chi connectivity index (χ4v) is 3.86. The van der Waals surface area contributed by atoms with Crippen LogP contribution >= 0.6 is 0 Å². The van der Waals surface area contributed by atoms with Gasteiger partial charge in [0.1, 0.15) is 0 Å². The van der Waals surface area contributed by atoms with E-state index in [2.05, 4.69) is 55.6 Å². The molecule has 0 unspecified atom stereocenters. The molecule has 1 aliphatic heterocycles. The molecular formula is C21H27NO2. The van der Waals surface area contributed by atoms with E-state index in [1.807, 2.05) is 0 Å². The van der Waals surface area contributed by atoms with Gasteiger partial charge in [-0.3, -0.25) is 4.79 Å². The Labute approximate surface area is 144 Å². The lowest BCUT2D eigenvalue weighted by Crippen LogP contribution is -2.27. The van der Waals surface area contributed by atoms with E-state index in [1.165, 1.54) is 16.3 Å². The number of fused-ring (bicyclic) bond motifs is 1. The molecule has 0 aliphatic carbocycles. The predicted octanol–water partition coefficient (Wildman–Crippen LogP) is 3.89. The Morgan fingerprint density at radius 1 is 1.25 bits per heavy atom. The van der Waals surface area contributed by atoms with Crippen LogP contribution in [0.2, 0.25) is 0 Å². The maximum atomic E-state index is 11.7. The molecule has 0 saturated carbocycles. The van der Waals surface area contributed by atoms with Crippen LogP contribution in [-0.4, -0.2) is 24.2 Å². The number of carboxylic acids is 1. The van der Waals surface area contributed by atoms with Crippen molar-refractivity contribution in [1.82, 2.24) is 5.32 Å². The van der Waals surface area contributed by atoms with Gasteiger partial charge in [0.25, 0.3) is 0 Å². The lowest BCUT2D eigenvalue weighted by atomic mass is 9.85. The molecule has 0 amide bonds. The molecule has 0 bridgehead atoms. The zero-order valence-electron chi connectivity index (χ0n) is 14.6. The number of benzene rings is 2. The summed E-state index contributed by atoms with van der Waals surface area (Å²) < 4.78 is 0. The molecule has 1 fully saturated rings. The monoisotopic (exact) mass is 325 g/mol. The third kappa shape index (κ3) is 3.78. The Hall–Kier alpha value is -1.87. The molecule has 1 heterocycles. The summed E-state index contributed by atoms with van der Waals surface area (Å²) in [4.78, 5) is 11.7. The molecule has 0 radical (unpaired) electrons. The average molecular weight is 325 g/mol. The number of nitrogens with one attached hydrogen (secondary N) is 1. The molecule has 2 aromatic rings. The van der Waals surface area contributed by atoms with Crippen LogP contribution in [0.25, 0.3) is 10.8 Å². The zero-order valence-corrected chi connectivity index (χ0v) is 14.6. The topological polar surface area (TPSA) is 49.3 Å². The van der Waals surface area contributed by atoms with E-state index in [0.717, 1.165) is 31.5 Å². The van der Waals surface area contributed by atoms with Crippen molar-refractivity contribution in [2.24, 2.45) is 17.8 Å². The first-order valence-corrected chi connectivity index (χ1v) is 8.98. The molecule has 1 saturated heterocycles. The second kappa shape index (κ2) is 7.35. The molecule has 0 aromatic heterocycles. The lowest BCUT2D eigenvalue weighted by Gasteiger charge is -2.19. The predicted molar refractivity (Wildman–Crippen MR) is 98.3 cm³/mol. The standard InChI is InChI=1S/C21H27NO2/c1-14(2)10-17-5-3-4-16-7-6-15(11-19(16)17)12-20(21(23)24)18-8-9-22-13-18/h3-7,11,14,18,20,22H,8-10,12-13H2,1-2H3,(H,23,24)/t18-,20-/m0/s1. The first kappa shape index (κ1) is 17.0. The van der Waals surface area contributed by atoms with Crippen molar-refractivity contribution >= 4 is 16.7 Å². The summed E-state index contributed by atoms with van der Waals surface area (Å²) in [6.07, 6.45) is 2.63. The van der Waals surface area contributed by atoms with Crippen LogP contribution in [0.3, 0.4) is 0 Å². The van der Waals surface area contributed by atoms with Gasteiger partial charge >= 0.3 is 5.97 Å². The minimum atomic E-state index is -0.667. The van der Waals surface area contributed by atoms with E-state index in [1.54, 1.807) is 0 Å². The van der Waals surface area contributed by atoms with Crippen LogP contribution in [0.4, 0.5) is 0 Å². The second-order valence-corrected chi connectivity index (χ2v) is 7.47. The van der Waals surface area contributed by atoms with E-state index in [4.69, 9.17) is 0 Å². The van der Waals surface area contributed by atoms with Crippen molar-refractivity contribution in [2.45, 2.75) is 33.1 Å². The van der Waals surface area contributed by atoms with Crippen molar-refractivity contribution in [3.05, 3.63) is 47.5 Å². The number of hydrogen-bond donors (Lipinski definition) is 2. The summed E-state index contributed by atoms with van der Waals surface area (Å²) in [5.41, 5.74) is 2.50. The fraction of sp³-hybridized carbons (Fsp3) is 0.476. The first-order valence-electron chi connectivity index (χ1n) is 8.98. The van der Waals surface area contributed by atoms with Gasteiger partial charge in [-0.15, -0.1) is 0 Å². The van der Waals surface area contributed by atoms with Crippen molar-refractivity contribution in [2.75, 3.05) is 13.1 Å². The van der Waals surface area contributed by atoms with Gasteiger partial charge in [0.05, 0.1) is 5.92 Å². The molecule has 2 aromatic carbocycles. The molecule has 3 heteroatoms. The summed E-state index contributed by atoms with van der Waals surface area (Å²) in [6, 6.07) is 12.9. The van der Waals surface area contributed by atoms with Crippen LogP contribution in [0.15, 0.2) is 36.4 Å². The molecule has 128 valence electrons. The number of carboxylic acid groups (broad SMARTS) is 1. The first-order chi connectivity index (χ1) is 11.5. The van der Waals surface area contributed by atoms with Gasteiger partial charge in [0.2, 0.25) is 0 Å². The normalized spacial score (nSPS) is 19.0. The van der Waals surface area contributed by atoms with Gasteiger partial charge in [0.15, 0.2) is 0 Å². The van der Waals surface area contributed by atoms with E-state index in [-0.39, 0.29) is 11.8 Å². The van der Waals surface area contributed by atoms with E-state index in [0.29, 0.717) is 12.3 Å². The van der Waals surface area contributed by atoms with Crippen molar-refractivity contribution in [1.29, 1.82) is 0 Å². The van der Waals surface area contributed by atoms with Crippen LogP contribution < -0.4 is 5.32 Å². The maximum Gasteiger partial charge on any atom is 0.307 e. The Bertz CT molecular complexity index is 717. The second-order valence-electron chi connectivity index (χ2n) is 7.47. The van der Waals surface area contributed by atoms with Crippen LogP contribution in [-0.2, 0) is 17.6 Å². The minimum Gasteiger partial charge on any atom is -0.481 e. The van der Waals surface area contributed by atoms with Gasteiger partial charge in [-0.05, 0) is 66.1 Å². The zero-order chi connectivity index (χ0) is 17.1. The van der Waals surface area contributed by atoms with Crippen molar-refractivity contribution in [3.8, 4) is 0 Å². The third-order valence-electron chi connectivity index (χ3n) is 5.11. The minimum absolute atomic E-state index is 0.240. The summed E-state index contributed by atoms with van der Waals surface area (Å²) in [6.45, 7) is 6.22. The molecule has 0 spiro atoms. The quantitative estimate of drug-likeness (QED) is 0.847. The molecule has 2 N–H and O–H groups in total. The number of carbonyl (C=O) groups is 1. The van der Waals surface area contributed by atoms with Crippen molar-refractivity contribution in [3.63, 3.8) is 0 Å². The summed E-state index contributed by atoms with van der Waals surface area (Å²) in [5, 5.41) is 15.5. The number of aliphatic carboxylic acids is 1. The summed E-state index contributed by atoms with van der Waals surface area (Å²) in [7, 11) is 0. The number of rotatable bonds is 6. The molecule has 24 heavy (non-hydrogen) atoms. The van der Waals surface area contributed by atoms with Gasteiger partial charge in [-0.2, -0.15) is 0 Å². The highest BCUT2D eigenvalue weighted by atomic mass is 16.4. The SMILES string of the molecule is CC(C)Cc1cccc2ccc(C[C@H](C(=O)O)[C@H]3CCNC3)cc12. The molecule has 2 atom stereocenters. The summed E-state index contributed by atoms with van der Waals surface area (Å²) >= 11 is 0. The van der Waals surface area contributed by atoms with E-state index in [9.17, 15) is 9.90 Å². The van der Waals surface area contributed by atoms with E-state index < -0.39 is 5.97 Å². The van der Waals surface area contributed by atoms with Crippen LogP contribution in [0.5, 0.6) is 0 Å². The van der Waals surface area contributed by atoms with Crippen LogP contribution in [0, 0.1) is 17.8 Å². The highest BCUT2D eigenvalue weighted by molar-refractivity contribution is 5.86. The molecule has 1 aliphatic rings. The molecule has 3 rings (SSSR count). The average Bonchev–Trinajstić information content (AvgIpc) is 3.06. The Balaban J connectivity index is 1.90. The van der Waals surface area contributed by atoms with Gasteiger partial charge < -0.3 is 10.4 Å². The Kier molecular flexibility index (Phi) is 5.20. The van der Waals surface area contributed by atoms with E-state index >= 15 is 0 Å². The lowest BCUT2D eigenvalue weighted by molar-refractivity contribution is -0.143. The van der Waals surface area contributed by atoms with Crippen molar-refractivity contribution < 1.29 is 9.90 Å². The molecule has 3 nitrogen and oxygen atoms in total. The Morgan fingerprint density at radius 3 is 2.75 bits per heavy atom. The Morgan fingerprint density at radius 2 is 2.08 bits per heavy atom.